The highest BCUT2D eigenvalue weighted by Crippen LogP contribution is 2.33. The number of hydrogen-bond donors (Lipinski definition) is 2. The van der Waals surface area contributed by atoms with Gasteiger partial charge in [-0.05, 0) is 12.8 Å². The first-order valence-corrected chi connectivity index (χ1v) is 5.38. The van der Waals surface area contributed by atoms with Crippen LogP contribution in [0.4, 0.5) is 4.79 Å². The summed E-state index contributed by atoms with van der Waals surface area (Å²) in [6.45, 7) is 3.63. The molecule has 1 atom stereocenters. The second-order valence-electron chi connectivity index (χ2n) is 3.92. The number of amides is 4. The lowest BCUT2D eigenvalue weighted by molar-refractivity contribution is -0.174. The van der Waals surface area contributed by atoms with Gasteiger partial charge in [-0.3, -0.25) is 20.1 Å². The standard InChI is InChI=1S/C10H16N2O4/c1-3-5-6-10(4-2)7(13)11-9(15)12(16)8(10)14/h16H,3-6H2,1-2H3,(H,11,13,15). The van der Waals surface area contributed by atoms with Crippen molar-refractivity contribution < 1.29 is 19.6 Å². The monoisotopic (exact) mass is 228 g/mol. The van der Waals surface area contributed by atoms with Crippen LogP contribution in [0.1, 0.15) is 39.5 Å². The summed E-state index contributed by atoms with van der Waals surface area (Å²) in [4.78, 5) is 34.5. The van der Waals surface area contributed by atoms with Crippen LogP contribution in [0.3, 0.4) is 0 Å². The van der Waals surface area contributed by atoms with Crippen LogP contribution in [0.25, 0.3) is 0 Å². The third-order valence-corrected chi connectivity index (χ3v) is 3.01. The normalized spacial score (nSPS) is 25.9. The third-order valence-electron chi connectivity index (χ3n) is 3.01. The van der Waals surface area contributed by atoms with Gasteiger partial charge in [0.05, 0.1) is 0 Å². The zero-order valence-corrected chi connectivity index (χ0v) is 9.45. The quantitative estimate of drug-likeness (QED) is 0.556. The Kier molecular flexibility index (Phi) is 3.64. The second-order valence-corrected chi connectivity index (χ2v) is 3.92. The smallest absolute Gasteiger partial charge is 0.277 e. The zero-order chi connectivity index (χ0) is 12.3. The maximum Gasteiger partial charge on any atom is 0.355 e. The average molecular weight is 228 g/mol. The van der Waals surface area contributed by atoms with Crippen LogP contribution >= 0.6 is 0 Å². The van der Waals surface area contributed by atoms with E-state index < -0.39 is 23.3 Å². The van der Waals surface area contributed by atoms with Crippen molar-refractivity contribution in [3.63, 3.8) is 0 Å². The molecule has 1 rings (SSSR count). The molecule has 0 radical (unpaired) electrons. The van der Waals surface area contributed by atoms with Gasteiger partial charge in [-0.25, -0.2) is 4.79 Å². The molecule has 4 amide bonds. The molecule has 1 unspecified atom stereocenters. The Hall–Kier alpha value is -1.43. The molecule has 1 saturated heterocycles. The summed E-state index contributed by atoms with van der Waals surface area (Å²) in [7, 11) is 0. The molecule has 6 nitrogen and oxygen atoms in total. The van der Waals surface area contributed by atoms with E-state index in [0.717, 1.165) is 6.42 Å². The van der Waals surface area contributed by atoms with Crippen molar-refractivity contribution in [3.8, 4) is 0 Å². The Morgan fingerprint density at radius 2 is 1.94 bits per heavy atom. The van der Waals surface area contributed by atoms with Crippen LogP contribution in [0.15, 0.2) is 0 Å². The van der Waals surface area contributed by atoms with Crippen molar-refractivity contribution in [2.75, 3.05) is 0 Å². The van der Waals surface area contributed by atoms with E-state index in [1.807, 2.05) is 12.2 Å². The van der Waals surface area contributed by atoms with Crippen LogP contribution in [0.2, 0.25) is 0 Å². The molecule has 0 aromatic rings. The summed E-state index contributed by atoms with van der Waals surface area (Å²) in [6, 6.07) is -1.07. The van der Waals surface area contributed by atoms with E-state index in [1.54, 1.807) is 6.92 Å². The lowest BCUT2D eigenvalue weighted by atomic mass is 9.77. The molecule has 0 aromatic heterocycles. The Bertz CT molecular complexity index is 329. The minimum Gasteiger partial charge on any atom is -0.277 e. The number of hydrogen-bond acceptors (Lipinski definition) is 4. The summed E-state index contributed by atoms with van der Waals surface area (Å²) in [5.74, 6) is -1.43. The Labute approximate surface area is 93.6 Å². The SMILES string of the molecule is CCCCC1(CC)C(=O)NC(=O)N(O)C1=O. The first-order valence-electron chi connectivity index (χ1n) is 5.38. The van der Waals surface area contributed by atoms with Crippen molar-refractivity contribution in [3.05, 3.63) is 0 Å². The highest BCUT2D eigenvalue weighted by molar-refractivity contribution is 6.18. The molecule has 0 bridgehead atoms. The number of hydroxylamine groups is 2. The first kappa shape index (κ1) is 12.6. The molecule has 0 aliphatic carbocycles. The number of unbranched alkanes of at least 4 members (excludes halogenated alkanes) is 1. The maximum absolute atomic E-state index is 11.8. The minimum atomic E-state index is -1.29. The topological polar surface area (TPSA) is 86.7 Å². The van der Waals surface area contributed by atoms with Gasteiger partial charge in [0, 0.05) is 0 Å². The molecule has 90 valence electrons. The van der Waals surface area contributed by atoms with Gasteiger partial charge in [-0.2, -0.15) is 0 Å². The molecular weight excluding hydrogens is 212 g/mol. The van der Waals surface area contributed by atoms with Crippen molar-refractivity contribution >= 4 is 17.8 Å². The van der Waals surface area contributed by atoms with Crippen LogP contribution in [0.5, 0.6) is 0 Å². The van der Waals surface area contributed by atoms with Crippen molar-refractivity contribution in [1.29, 1.82) is 0 Å². The zero-order valence-electron chi connectivity index (χ0n) is 9.45. The lowest BCUT2D eigenvalue weighted by Gasteiger charge is -2.35. The number of imide groups is 2. The lowest BCUT2D eigenvalue weighted by Crippen LogP contribution is -2.62. The summed E-state index contributed by atoms with van der Waals surface area (Å²) >= 11 is 0. The summed E-state index contributed by atoms with van der Waals surface area (Å²) < 4.78 is 0. The fourth-order valence-electron chi connectivity index (χ4n) is 1.85. The van der Waals surface area contributed by atoms with Gasteiger partial charge in [-0.15, -0.1) is 5.06 Å². The number of nitrogens with one attached hydrogen (secondary N) is 1. The van der Waals surface area contributed by atoms with Gasteiger partial charge in [0.2, 0.25) is 5.91 Å². The largest absolute Gasteiger partial charge is 0.355 e. The fraction of sp³-hybridized carbons (Fsp3) is 0.700. The number of barbiturate groups is 1. The van der Waals surface area contributed by atoms with E-state index in [1.165, 1.54) is 0 Å². The molecule has 1 fully saturated rings. The number of nitrogens with zero attached hydrogens (tertiary/aromatic N) is 1. The van der Waals surface area contributed by atoms with Gasteiger partial charge in [0.25, 0.3) is 5.91 Å². The maximum atomic E-state index is 11.8. The first-order chi connectivity index (χ1) is 7.49. The fourth-order valence-corrected chi connectivity index (χ4v) is 1.85. The molecule has 0 aromatic carbocycles. The van der Waals surface area contributed by atoms with E-state index in [0.29, 0.717) is 12.8 Å². The molecule has 16 heavy (non-hydrogen) atoms. The van der Waals surface area contributed by atoms with Crippen molar-refractivity contribution in [2.45, 2.75) is 39.5 Å². The Morgan fingerprint density at radius 3 is 2.44 bits per heavy atom. The summed E-state index contributed by atoms with van der Waals surface area (Å²) in [5.41, 5.74) is -1.29. The second kappa shape index (κ2) is 4.61. The number of rotatable bonds is 4. The molecular formula is C10H16N2O4. The molecule has 1 aliphatic rings. The van der Waals surface area contributed by atoms with E-state index in [4.69, 9.17) is 0 Å². The van der Waals surface area contributed by atoms with Gasteiger partial charge in [0.15, 0.2) is 0 Å². The molecule has 0 spiro atoms. The molecule has 1 aliphatic heterocycles. The molecule has 6 heteroatoms. The van der Waals surface area contributed by atoms with Gasteiger partial charge < -0.3 is 0 Å². The third kappa shape index (κ3) is 1.80. The molecule has 1 heterocycles. The highest BCUT2D eigenvalue weighted by atomic mass is 16.5. The average Bonchev–Trinajstić information content (AvgIpc) is 2.27. The van der Waals surface area contributed by atoms with Crippen molar-refractivity contribution in [1.82, 2.24) is 10.4 Å². The minimum absolute atomic E-state index is 0.000556. The predicted octanol–water partition coefficient (Wildman–Crippen LogP) is 1.04. The van der Waals surface area contributed by atoms with Crippen LogP contribution in [-0.2, 0) is 9.59 Å². The van der Waals surface area contributed by atoms with Crippen LogP contribution in [-0.4, -0.2) is 28.1 Å². The van der Waals surface area contributed by atoms with Gasteiger partial charge in [-0.1, -0.05) is 26.7 Å². The summed E-state index contributed by atoms with van der Waals surface area (Å²) in [6.07, 6.45) is 2.13. The van der Waals surface area contributed by atoms with Crippen molar-refractivity contribution in [2.24, 2.45) is 5.41 Å². The van der Waals surface area contributed by atoms with E-state index in [-0.39, 0.29) is 11.5 Å². The predicted molar refractivity (Wildman–Crippen MR) is 54.4 cm³/mol. The number of carbonyl (C=O) groups is 3. The molecule has 0 saturated carbocycles. The number of carbonyl (C=O) groups excluding carboxylic acids is 3. The van der Waals surface area contributed by atoms with Gasteiger partial charge >= 0.3 is 6.03 Å². The van der Waals surface area contributed by atoms with Gasteiger partial charge in [0.1, 0.15) is 5.41 Å². The van der Waals surface area contributed by atoms with Crippen LogP contribution < -0.4 is 5.32 Å². The van der Waals surface area contributed by atoms with E-state index >= 15 is 0 Å². The Morgan fingerprint density at radius 1 is 1.31 bits per heavy atom. The number of urea groups is 1. The van der Waals surface area contributed by atoms with E-state index in [9.17, 15) is 19.6 Å². The Balaban J connectivity index is 3.01. The molecule has 2 N–H and O–H groups in total. The summed E-state index contributed by atoms with van der Waals surface area (Å²) in [5, 5.41) is 11.2. The van der Waals surface area contributed by atoms with E-state index in [2.05, 4.69) is 0 Å². The highest BCUT2D eigenvalue weighted by Gasteiger charge is 2.52. The van der Waals surface area contributed by atoms with Crippen LogP contribution in [0, 0.1) is 5.41 Å².